The molecule has 1 aromatic carbocycles. The number of carboxylic acid groups (broad SMARTS) is 1. The van der Waals surface area contributed by atoms with E-state index in [9.17, 15) is 18.0 Å². The second-order valence-corrected chi connectivity index (χ2v) is 10.0. The molecule has 0 atom stereocenters. The maximum absolute atomic E-state index is 13.8. The number of hydrogen-bond donors (Lipinski definition) is 1. The molecule has 5 rings (SSSR count). The van der Waals surface area contributed by atoms with E-state index < -0.39 is 17.7 Å². The van der Waals surface area contributed by atoms with Gasteiger partial charge in [0.05, 0.1) is 35.1 Å². The number of alkyl halides is 3. The third-order valence-electron chi connectivity index (χ3n) is 7.37. The van der Waals surface area contributed by atoms with Gasteiger partial charge < -0.3 is 14.7 Å². The number of pyridine rings is 1. The number of oxime groups is 1. The number of aromatic nitrogens is 1. The molecule has 1 aliphatic carbocycles. The number of benzene rings is 1. The Morgan fingerprint density at radius 2 is 1.95 bits per heavy atom. The highest BCUT2D eigenvalue weighted by Gasteiger charge is 2.36. The van der Waals surface area contributed by atoms with Crippen molar-refractivity contribution in [1.82, 2.24) is 9.88 Å². The molecule has 0 bridgehead atoms. The first kappa shape index (κ1) is 25.5. The summed E-state index contributed by atoms with van der Waals surface area (Å²) >= 11 is 0. The lowest BCUT2D eigenvalue weighted by atomic mass is 9.81. The maximum Gasteiger partial charge on any atom is 0.416 e. The summed E-state index contributed by atoms with van der Waals surface area (Å²) in [6, 6.07) is 8.19. The minimum Gasteiger partial charge on any atom is -0.481 e. The average molecular weight is 518 g/mol. The number of hydrogen-bond acceptors (Lipinski definition) is 6. The van der Waals surface area contributed by atoms with Gasteiger partial charge in [0.2, 0.25) is 5.88 Å². The number of carboxylic acids is 1. The molecule has 0 amide bonds. The van der Waals surface area contributed by atoms with Crippen LogP contribution in [0, 0.1) is 5.92 Å². The molecule has 1 aromatic heterocycles. The summed E-state index contributed by atoms with van der Waals surface area (Å²) in [5.74, 6) is -0.733. The van der Waals surface area contributed by atoms with Crippen LogP contribution in [0.25, 0.3) is 0 Å². The Labute approximate surface area is 213 Å². The fourth-order valence-electron chi connectivity index (χ4n) is 5.35. The monoisotopic (exact) mass is 517 g/mol. The molecule has 7 nitrogen and oxygen atoms in total. The summed E-state index contributed by atoms with van der Waals surface area (Å²) in [5.41, 5.74) is 2.32. The average Bonchev–Trinajstić information content (AvgIpc) is 2.85. The molecule has 2 fully saturated rings. The quantitative estimate of drug-likeness (QED) is 0.498. The Morgan fingerprint density at radius 3 is 2.68 bits per heavy atom. The number of ether oxygens (including phenoxy) is 1. The summed E-state index contributed by atoms with van der Waals surface area (Å²) in [6.45, 7) is 1.81. The van der Waals surface area contributed by atoms with Crippen LogP contribution in [0.4, 0.5) is 13.2 Å². The molecule has 2 aliphatic heterocycles. The van der Waals surface area contributed by atoms with Crippen molar-refractivity contribution in [2.45, 2.75) is 63.8 Å². The molecule has 0 unspecified atom stereocenters. The van der Waals surface area contributed by atoms with Crippen LogP contribution in [0.1, 0.15) is 72.4 Å². The van der Waals surface area contributed by atoms with Crippen LogP contribution in [0.15, 0.2) is 35.5 Å². The predicted molar refractivity (Wildman–Crippen MR) is 129 cm³/mol. The molecule has 2 aromatic rings. The minimum absolute atomic E-state index is 0.0450. The van der Waals surface area contributed by atoms with Crippen molar-refractivity contribution in [1.29, 1.82) is 0 Å². The smallest absolute Gasteiger partial charge is 0.416 e. The third kappa shape index (κ3) is 5.89. The first-order valence-electron chi connectivity index (χ1n) is 12.7. The molecule has 37 heavy (non-hydrogen) atoms. The van der Waals surface area contributed by atoms with Crippen LogP contribution in [0.3, 0.4) is 0 Å². The van der Waals surface area contributed by atoms with Crippen LogP contribution in [-0.4, -0.2) is 46.4 Å². The Balaban J connectivity index is 1.24. The number of fused-ring (bicyclic) bond motifs is 1. The largest absolute Gasteiger partial charge is 0.481 e. The van der Waals surface area contributed by atoms with Crippen molar-refractivity contribution in [2.24, 2.45) is 11.1 Å². The van der Waals surface area contributed by atoms with E-state index in [4.69, 9.17) is 14.7 Å². The zero-order chi connectivity index (χ0) is 26.0. The zero-order valence-corrected chi connectivity index (χ0v) is 20.5. The van der Waals surface area contributed by atoms with Crippen molar-refractivity contribution in [2.75, 3.05) is 19.7 Å². The van der Waals surface area contributed by atoms with Crippen LogP contribution < -0.4 is 4.74 Å². The highest BCUT2D eigenvalue weighted by molar-refractivity contribution is 6.02. The van der Waals surface area contributed by atoms with E-state index in [2.05, 4.69) is 10.1 Å². The number of likely N-dealkylation sites (tertiary alicyclic amines) is 1. The Bertz CT molecular complexity index is 1170. The number of nitrogens with zero attached hydrogens (tertiary/aromatic N) is 3. The van der Waals surface area contributed by atoms with E-state index in [0.29, 0.717) is 60.9 Å². The van der Waals surface area contributed by atoms with Gasteiger partial charge in [0, 0.05) is 26.1 Å². The number of aliphatic carboxylic acids is 1. The first-order chi connectivity index (χ1) is 17.8. The van der Waals surface area contributed by atoms with Gasteiger partial charge in [0.15, 0.2) is 0 Å². The SMILES string of the molecule is O=C(O)C1CN(Cc2ccc3c(n2)OCC/C3=N\OCc2ccc(C3CCCCC3)c(C(F)(F)F)c2)C1. The van der Waals surface area contributed by atoms with E-state index in [1.165, 1.54) is 6.07 Å². The molecule has 1 saturated carbocycles. The Hall–Kier alpha value is -3.14. The molecular formula is C27H30F3N3O4. The van der Waals surface area contributed by atoms with Gasteiger partial charge in [-0.25, -0.2) is 4.98 Å². The van der Waals surface area contributed by atoms with Crippen LogP contribution >= 0.6 is 0 Å². The predicted octanol–water partition coefficient (Wildman–Crippen LogP) is 5.37. The topological polar surface area (TPSA) is 84.2 Å². The van der Waals surface area contributed by atoms with Gasteiger partial charge >= 0.3 is 12.1 Å². The van der Waals surface area contributed by atoms with Crippen molar-refractivity contribution < 1.29 is 32.6 Å². The molecular weight excluding hydrogens is 487 g/mol. The van der Waals surface area contributed by atoms with Crippen molar-refractivity contribution in [3.8, 4) is 5.88 Å². The summed E-state index contributed by atoms with van der Waals surface area (Å²) in [6.07, 6.45) is 0.692. The molecule has 0 radical (unpaired) electrons. The second kappa shape index (κ2) is 10.7. The highest BCUT2D eigenvalue weighted by Crippen LogP contribution is 2.41. The van der Waals surface area contributed by atoms with E-state index in [-0.39, 0.29) is 18.4 Å². The maximum atomic E-state index is 13.8. The zero-order valence-electron chi connectivity index (χ0n) is 20.5. The fourth-order valence-corrected chi connectivity index (χ4v) is 5.35. The Morgan fingerprint density at radius 1 is 1.16 bits per heavy atom. The molecule has 10 heteroatoms. The highest BCUT2D eigenvalue weighted by atomic mass is 19.4. The summed E-state index contributed by atoms with van der Waals surface area (Å²) in [7, 11) is 0. The summed E-state index contributed by atoms with van der Waals surface area (Å²) in [4.78, 5) is 23.0. The van der Waals surface area contributed by atoms with E-state index >= 15 is 0 Å². The summed E-state index contributed by atoms with van der Waals surface area (Å²) < 4.78 is 47.2. The number of rotatable bonds is 7. The van der Waals surface area contributed by atoms with Gasteiger partial charge in [-0.1, -0.05) is 36.6 Å². The number of halogens is 3. The van der Waals surface area contributed by atoms with Gasteiger partial charge in [-0.15, -0.1) is 0 Å². The standard InChI is InChI=1S/C27H30F3N3O4/c28-27(29,30)23-12-17(6-8-21(23)18-4-2-1-3-5-18)16-37-32-24-10-11-36-25-22(24)9-7-20(31-25)15-33-13-19(14-33)26(34)35/h6-9,12,18-19H,1-5,10-11,13-16H2,(H,34,35)/b32-24+. The van der Waals surface area contributed by atoms with E-state index in [1.54, 1.807) is 12.1 Å². The van der Waals surface area contributed by atoms with Crippen molar-refractivity contribution in [3.05, 3.63) is 58.3 Å². The molecule has 0 spiro atoms. The number of carbonyl (C=O) groups is 1. The van der Waals surface area contributed by atoms with Crippen molar-refractivity contribution in [3.63, 3.8) is 0 Å². The van der Waals surface area contributed by atoms with Gasteiger partial charge in [-0.2, -0.15) is 13.2 Å². The van der Waals surface area contributed by atoms with Gasteiger partial charge in [0.1, 0.15) is 6.61 Å². The lowest BCUT2D eigenvalue weighted by Gasteiger charge is -2.36. The van der Waals surface area contributed by atoms with E-state index in [0.717, 1.165) is 37.8 Å². The summed E-state index contributed by atoms with van der Waals surface area (Å²) in [5, 5.41) is 13.2. The first-order valence-corrected chi connectivity index (χ1v) is 12.7. The van der Waals surface area contributed by atoms with Gasteiger partial charge in [-0.3, -0.25) is 9.69 Å². The lowest BCUT2D eigenvalue weighted by molar-refractivity contribution is -0.147. The van der Waals surface area contributed by atoms with E-state index in [1.807, 2.05) is 17.0 Å². The molecule has 3 heterocycles. The van der Waals surface area contributed by atoms with Crippen LogP contribution in [-0.2, 0) is 29.0 Å². The van der Waals surface area contributed by atoms with Crippen LogP contribution in [0.2, 0.25) is 0 Å². The molecule has 1 N–H and O–H groups in total. The second-order valence-electron chi connectivity index (χ2n) is 10.0. The van der Waals surface area contributed by atoms with Gasteiger partial charge in [0.25, 0.3) is 0 Å². The third-order valence-corrected chi connectivity index (χ3v) is 7.37. The molecule has 198 valence electrons. The van der Waals surface area contributed by atoms with Crippen molar-refractivity contribution >= 4 is 11.7 Å². The fraction of sp³-hybridized carbons (Fsp3) is 0.519. The normalized spacial score (nSPS) is 20.2. The Kier molecular flexibility index (Phi) is 7.37. The lowest BCUT2D eigenvalue weighted by Crippen LogP contribution is -2.49. The van der Waals surface area contributed by atoms with Crippen LogP contribution in [0.5, 0.6) is 5.88 Å². The molecule has 3 aliphatic rings. The minimum atomic E-state index is -4.41. The van der Waals surface area contributed by atoms with Gasteiger partial charge in [-0.05, 0) is 48.1 Å². The molecule has 1 saturated heterocycles.